The molecule has 4 rings (SSSR count). The molecule has 0 saturated heterocycles. The molecule has 0 heterocycles. The second-order valence-corrected chi connectivity index (χ2v) is 8.86. The normalized spacial score (nSPS) is 11.5. The minimum Gasteiger partial charge on any atom is -0.478 e. The van der Waals surface area contributed by atoms with Crippen LogP contribution < -0.4 is 9.62 Å². The van der Waals surface area contributed by atoms with Gasteiger partial charge in [-0.25, -0.2) is 13.2 Å². The topological polar surface area (TPSA) is 86.7 Å². The first-order valence-corrected chi connectivity index (χ1v) is 10.7. The minimum absolute atomic E-state index is 0.184. The summed E-state index contributed by atoms with van der Waals surface area (Å²) in [5.74, 6) is -1.00. The molecular weight excluding hydrogens is 400 g/mol. The summed E-state index contributed by atoms with van der Waals surface area (Å²) in [7, 11) is -0.00383. The van der Waals surface area contributed by atoms with Crippen LogP contribution in [0.4, 0.5) is 11.4 Å². The Morgan fingerprint density at radius 1 is 0.867 bits per heavy atom. The monoisotopic (exact) mass is 420 g/mol. The number of hydrogen-bond acceptors (Lipinski definition) is 4. The number of carboxylic acid groups (broad SMARTS) is 1. The van der Waals surface area contributed by atoms with E-state index in [0.29, 0.717) is 11.1 Å². The van der Waals surface area contributed by atoms with Crippen LogP contribution >= 0.6 is 0 Å². The van der Waals surface area contributed by atoms with Crippen molar-refractivity contribution in [3.8, 4) is 0 Å². The summed E-state index contributed by atoms with van der Waals surface area (Å²) in [6.07, 6.45) is 0. The van der Waals surface area contributed by atoms with E-state index in [-0.39, 0.29) is 10.5 Å². The molecule has 0 spiro atoms. The summed E-state index contributed by atoms with van der Waals surface area (Å²) >= 11 is 0. The van der Waals surface area contributed by atoms with E-state index in [0.717, 1.165) is 21.8 Å². The highest BCUT2D eigenvalue weighted by Crippen LogP contribution is 2.31. The van der Waals surface area contributed by atoms with Crippen molar-refractivity contribution in [1.29, 1.82) is 0 Å². The van der Waals surface area contributed by atoms with E-state index in [1.54, 1.807) is 48.5 Å². The van der Waals surface area contributed by atoms with Crippen molar-refractivity contribution in [3.05, 3.63) is 78.4 Å². The average Bonchev–Trinajstić information content (AvgIpc) is 2.71. The van der Waals surface area contributed by atoms with Gasteiger partial charge in [0.05, 0.1) is 10.5 Å². The van der Waals surface area contributed by atoms with Crippen LogP contribution in [-0.4, -0.2) is 33.6 Å². The third-order valence-electron chi connectivity index (χ3n) is 4.97. The zero-order chi connectivity index (χ0) is 21.5. The summed E-state index contributed by atoms with van der Waals surface area (Å²) < 4.78 is 29.0. The fourth-order valence-corrected chi connectivity index (χ4v) is 4.81. The van der Waals surface area contributed by atoms with Crippen LogP contribution in [-0.2, 0) is 10.0 Å². The molecule has 4 aromatic rings. The average molecular weight is 420 g/mol. The van der Waals surface area contributed by atoms with E-state index in [9.17, 15) is 13.2 Å². The summed E-state index contributed by atoms with van der Waals surface area (Å²) in [6.45, 7) is 0. The number of hydrogen-bond donors (Lipinski definition) is 2. The molecular formula is C23H20N2O4S. The number of carbonyl (C=O) groups is 1. The Balaban J connectivity index is 1.75. The molecule has 0 aliphatic rings. The van der Waals surface area contributed by atoms with Gasteiger partial charge < -0.3 is 10.0 Å². The van der Waals surface area contributed by atoms with Crippen LogP contribution in [0.5, 0.6) is 0 Å². The zero-order valence-corrected chi connectivity index (χ0v) is 17.3. The fourth-order valence-electron chi connectivity index (χ4n) is 3.54. The standard InChI is InChI=1S/C23H20N2O4S/c1-25(2)21-7-3-6-20-19(21)5-4-8-22(20)30(28,29)24-18-12-11-15-13-17(23(26)27)10-9-16(15)14-18/h3-14,24H,1-2H3,(H,26,27). The van der Waals surface area contributed by atoms with Crippen molar-refractivity contribution < 1.29 is 18.3 Å². The number of anilines is 2. The zero-order valence-electron chi connectivity index (χ0n) is 16.5. The molecule has 7 heteroatoms. The highest BCUT2D eigenvalue weighted by molar-refractivity contribution is 7.93. The summed E-state index contributed by atoms with van der Waals surface area (Å²) in [5, 5.41) is 12.1. The van der Waals surface area contributed by atoms with Gasteiger partial charge in [-0.15, -0.1) is 0 Å². The van der Waals surface area contributed by atoms with Gasteiger partial charge in [-0.1, -0.05) is 36.4 Å². The van der Waals surface area contributed by atoms with E-state index >= 15 is 0 Å². The smallest absolute Gasteiger partial charge is 0.335 e. The molecule has 4 aromatic carbocycles. The third-order valence-corrected chi connectivity index (χ3v) is 6.41. The molecule has 0 saturated carbocycles. The number of benzene rings is 4. The molecule has 30 heavy (non-hydrogen) atoms. The molecule has 0 aliphatic heterocycles. The Kier molecular flexibility index (Phi) is 4.83. The number of nitrogens with zero attached hydrogens (tertiary/aromatic N) is 1. The first kappa shape index (κ1) is 19.7. The van der Waals surface area contributed by atoms with Crippen LogP contribution in [0.15, 0.2) is 77.7 Å². The number of fused-ring (bicyclic) bond motifs is 2. The predicted octanol–water partition coefficient (Wildman–Crippen LogP) is 4.56. The molecule has 2 N–H and O–H groups in total. The summed E-state index contributed by atoms with van der Waals surface area (Å²) in [6, 6.07) is 20.5. The highest BCUT2D eigenvalue weighted by Gasteiger charge is 2.19. The third kappa shape index (κ3) is 3.55. The number of nitrogens with one attached hydrogen (secondary N) is 1. The van der Waals surface area contributed by atoms with Crippen LogP contribution in [0.2, 0.25) is 0 Å². The summed E-state index contributed by atoms with van der Waals surface area (Å²) in [5.41, 5.74) is 1.53. The Hall–Kier alpha value is -3.58. The van der Waals surface area contributed by atoms with Crippen LogP contribution in [0.3, 0.4) is 0 Å². The van der Waals surface area contributed by atoms with Crippen molar-refractivity contribution in [1.82, 2.24) is 0 Å². The van der Waals surface area contributed by atoms with Gasteiger partial charge in [-0.2, -0.15) is 0 Å². The Bertz CT molecular complexity index is 1400. The first-order chi connectivity index (χ1) is 14.3. The fraction of sp³-hybridized carbons (Fsp3) is 0.0870. The molecule has 0 radical (unpaired) electrons. The van der Waals surface area contributed by atoms with Gasteiger partial charge in [-0.05, 0) is 47.2 Å². The molecule has 0 atom stereocenters. The van der Waals surface area contributed by atoms with Gasteiger partial charge in [0.15, 0.2) is 0 Å². The number of aromatic carboxylic acids is 1. The Morgan fingerprint density at radius 2 is 1.53 bits per heavy atom. The van der Waals surface area contributed by atoms with Gasteiger partial charge in [0.2, 0.25) is 0 Å². The van der Waals surface area contributed by atoms with E-state index in [2.05, 4.69) is 4.72 Å². The van der Waals surface area contributed by atoms with Crippen LogP contribution in [0.1, 0.15) is 10.4 Å². The minimum atomic E-state index is -3.84. The molecule has 0 bridgehead atoms. The Morgan fingerprint density at radius 3 is 2.27 bits per heavy atom. The quantitative estimate of drug-likeness (QED) is 0.494. The second-order valence-electron chi connectivity index (χ2n) is 7.21. The maximum absolute atomic E-state index is 13.2. The summed E-state index contributed by atoms with van der Waals surface area (Å²) in [4.78, 5) is 13.3. The van der Waals surface area contributed by atoms with Gasteiger partial charge in [-0.3, -0.25) is 4.72 Å². The molecule has 152 valence electrons. The lowest BCUT2D eigenvalue weighted by molar-refractivity contribution is 0.0697. The molecule has 0 aromatic heterocycles. The van der Waals surface area contributed by atoms with Crippen LogP contribution in [0.25, 0.3) is 21.5 Å². The molecule has 0 aliphatic carbocycles. The van der Waals surface area contributed by atoms with E-state index in [4.69, 9.17) is 5.11 Å². The van der Waals surface area contributed by atoms with E-state index in [1.165, 1.54) is 6.07 Å². The van der Waals surface area contributed by atoms with Crippen molar-refractivity contribution in [2.45, 2.75) is 4.90 Å². The molecule has 0 unspecified atom stereocenters. The first-order valence-electron chi connectivity index (χ1n) is 9.25. The molecule has 0 fully saturated rings. The van der Waals surface area contributed by atoms with Crippen molar-refractivity contribution in [2.24, 2.45) is 0 Å². The molecule has 0 amide bonds. The number of carboxylic acids is 1. The van der Waals surface area contributed by atoms with E-state index < -0.39 is 16.0 Å². The highest BCUT2D eigenvalue weighted by atomic mass is 32.2. The maximum Gasteiger partial charge on any atom is 0.335 e. The van der Waals surface area contributed by atoms with Gasteiger partial charge in [0.1, 0.15) is 0 Å². The lowest BCUT2D eigenvalue weighted by atomic mass is 10.1. The lowest BCUT2D eigenvalue weighted by Crippen LogP contribution is -2.14. The largest absolute Gasteiger partial charge is 0.478 e. The van der Waals surface area contributed by atoms with Gasteiger partial charge >= 0.3 is 5.97 Å². The van der Waals surface area contributed by atoms with Crippen molar-refractivity contribution in [3.63, 3.8) is 0 Å². The maximum atomic E-state index is 13.2. The predicted molar refractivity (Wildman–Crippen MR) is 120 cm³/mol. The van der Waals surface area contributed by atoms with E-state index in [1.807, 2.05) is 37.2 Å². The number of sulfonamides is 1. The lowest BCUT2D eigenvalue weighted by Gasteiger charge is -2.17. The van der Waals surface area contributed by atoms with Crippen molar-refractivity contribution >= 4 is 48.9 Å². The number of rotatable bonds is 5. The Labute approximate surface area is 174 Å². The molecule has 6 nitrogen and oxygen atoms in total. The van der Waals surface area contributed by atoms with Crippen LogP contribution in [0, 0.1) is 0 Å². The SMILES string of the molecule is CN(C)c1cccc2c(S(=O)(=O)Nc3ccc4cc(C(=O)O)ccc4c3)cccc12. The van der Waals surface area contributed by atoms with Gasteiger partial charge in [0, 0.05) is 36.2 Å². The van der Waals surface area contributed by atoms with Crippen molar-refractivity contribution in [2.75, 3.05) is 23.7 Å². The van der Waals surface area contributed by atoms with Gasteiger partial charge in [0.25, 0.3) is 10.0 Å². The second kappa shape index (κ2) is 7.35.